The van der Waals surface area contributed by atoms with Crippen molar-refractivity contribution in [3.8, 4) is 11.5 Å². The Bertz CT molecular complexity index is 748. The first-order valence-electron chi connectivity index (χ1n) is 8.37. The van der Waals surface area contributed by atoms with E-state index in [0.29, 0.717) is 34.5 Å². The Morgan fingerprint density at radius 3 is 2.81 bits per heavy atom. The molecule has 1 aliphatic heterocycles. The Morgan fingerprint density at radius 2 is 2.07 bits per heavy atom. The monoisotopic (exact) mass is 396 g/mol. The highest BCUT2D eigenvalue weighted by Gasteiger charge is 2.17. The number of ether oxygens (including phenoxy) is 3. The summed E-state index contributed by atoms with van der Waals surface area (Å²) in [7, 11) is 0. The number of rotatable bonds is 7. The van der Waals surface area contributed by atoms with E-state index >= 15 is 0 Å². The van der Waals surface area contributed by atoms with Gasteiger partial charge in [-0.2, -0.15) is 0 Å². The van der Waals surface area contributed by atoms with Gasteiger partial charge in [0.25, 0.3) is 5.91 Å². The smallest absolute Gasteiger partial charge is 0.331 e. The van der Waals surface area contributed by atoms with Crippen LogP contribution in [0.25, 0.3) is 6.08 Å². The average Bonchev–Trinajstić information content (AvgIpc) is 3.07. The van der Waals surface area contributed by atoms with Crippen LogP contribution in [0.2, 0.25) is 5.02 Å². The number of urea groups is 1. The fourth-order valence-electron chi connectivity index (χ4n) is 2.11. The van der Waals surface area contributed by atoms with Crippen LogP contribution in [0.4, 0.5) is 4.79 Å². The van der Waals surface area contributed by atoms with Gasteiger partial charge in [-0.15, -0.1) is 0 Å². The van der Waals surface area contributed by atoms with Crippen LogP contribution in [0.5, 0.6) is 11.5 Å². The van der Waals surface area contributed by atoms with Crippen molar-refractivity contribution in [3.63, 3.8) is 0 Å². The molecule has 1 heterocycles. The van der Waals surface area contributed by atoms with E-state index in [1.54, 1.807) is 12.1 Å². The summed E-state index contributed by atoms with van der Waals surface area (Å²) >= 11 is 6.05. The lowest BCUT2D eigenvalue weighted by atomic mass is 10.1. The van der Waals surface area contributed by atoms with E-state index in [-0.39, 0.29) is 6.79 Å². The molecule has 27 heavy (non-hydrogen) atoms. The number of benzene rings is 1. The second-order valence-corrected chi connectivity index (χ2v) is 6.57. The van der Waals surface area contributed by atoms with Crippen molar-refractivity contribution in [3.05, 3.63) is 28.8 Å². The molecule has 3 amide bonds. The third kappa shape index (κ3) is 6.82. The molecular formula is C18H21ClN2O6. The van der Waals surface area contributed by atoms with Crippen LogP contribution >= 0.6 is 11.6 Å². The van der Waals surface area contributed by atoms with E-state index in [4.69, 9.17) is 25.8 Å². The van der Waals surface area contributed by atoms with Crippen LogP contribution in [-0.4, -0.2) is 37.9 Å². The molecule has 0 saturated carbocycles. The molecule has 0 aliphatic carbocycles. The Labute approximate surface area is 161 Å². The van der Waals surface area contributed by atoms with Crippen LogP contribution < -0.4 is 20.1 Å². The maximum Gasteiger partial charge on any atom is 0.331 e. The fourth-order valence-corrected chi connectivity index (χ4v) is 2.39. The Hall–Kier alpha value is -2.74. The molecule has 8 nitrogen and oxygen atoms in total. The Kier molecular flexibility index (Phi) is 7.48. The zero-order chi connectivity index (χ0) is 19.8. The highest BCUT2D eigenvalue weighted by molar-refractivity contribution is 6.32. The van der Waals surface area contributed by atoms with E-state index in [2.05, 4.69) is 10.6 Å². The summed E-state index contributed by atoms with van der Waals surface area (Å²) < 4.78 is 15.2. The second-order valence-electron chi connectivity index (χ2n) is 6.16. The second kappa shape index (κ2) is 9.82. The van der Waals surface area contributed by atoms with E-state index in [9.17, 15) is 14.4 Å². The van der Waals surface area contributed by atoms with Gasteiger partial charge in [-0.05, 0) is 36.1 Å². The molecule has 0 radical (unpaired) electrons. The van der Waals surface area contributed by atoms with Gasteiger partial charge >= 0.3 is 12.0 Å². The molecule has 0 fully saturated rings. The number of nitrogens with one attached hydrogen (secondary N) is 2. The number of amides is 3. The van der Waals surface area contributed by atoms with Crippen molar-refractivity contribution in [1.82, 2.24) is 10.6 Å². The van der Waals surface area contributed by atoms with Crippen LogP contribution in [0.15, 0.2) is 18.2 Å². The summed E-state index contributed by atoms with van der Waals surface area (Å²) in [5.41, 5.74) is 0.607. The first-order valence-corrected chi connectivity index (χ1v) is 8.74. The van der Waals surface area contributed by atoms with Crippen molar-refractivity contribution >= 4 is 35.6 Å². The molecule has 0 saturated heterocycles. The maximum absolute atomic E-state index is 11.7. The van der Waals surface area contributed by atoms with Crippen LogP contribution in [-0.2, 0) is 14.3 Å². The number of hydrogen-bond donors (Lipinski definition) is 2. The van der Waals surface area contributed by atoms with E-state index in [1.807, 2.05) is 13.8 Å². The quantitative estimate of drug-likeness (QED) is 0.542. The summed E-state index contributed by atoms with van der Waals surface area (Å²) in [5.74, 6) is -0.0735. The maximum atomic E-state index is 11.7. The van der Waals surface area contributed by atoms with Crippen molar-refractivity contribution in [2.75, 3.05) is 19.9 Å². The van der Waals surface area contributed by atoms with Crippen molar-refractivity contribution in [1.29, 1.82) is 0 Å². The predicted molar refractivity (Wildman–Crippen MR) is 98.6 cm³/mol. The summed E-state index contributed by atoms with van der Waals surface area (Å²) in [6.07, 6.45) is 3.40. The minimum atomic E-state index is -0.737. The number of carbonyl (C=O) groups excluding carboxylic acids is 3. The molecule has 1 aliphatic rings. The number of halogens is 1. The average molecular weight is 397 g/mol. The largest absolute Gasteiger partial charge is 0.454 e. The molecule has 9 heteroatoms. The minimum Gasteiger partial charge on any atom is -0.454 e. The molecule has 0 spiro atoms. The van der Waals surface area contributed by atoms with Gasteiger partial charge in [0.2, 0.25) is 6.79 Å². The standard InChI is InChI=1S/C18H21ClN2O6/c1-11(2)5-6-20-18(24)21-15(22)9-25-16(23)4-3-12-7-13(19)17-14(8-12)26-10-27-17/h3-4,7-8,11H,5-6,9-10H2,1-2H3,(H2,20,21,22,24)/b4-3+. The van der Waals surface area contributed by atoms with E-state index in [1.165, 1.54) is 6.08 Å². The molecule has 2 N–H and O–H groups in total. The third-order valence-electron chi connectivity index (χ3n) is 3.47. The zero-order valence-corrected chi connectivity index (χ0v) is 15.8. The van der Waals surface area contributed by atoms with Gasteiger partial charge in [0, 0.05) is 12.6 Å². The lowest BCUT2D eigenvalue weighted by Crippen LogP contribution is -2.41. The van der Waals surface area contributed by atoms with Crippen LogP contribution in [0.1, 0.15) is 25.8 Å². The molecule has 0 bridgehead atoms. The fraction of sp³-hybridized carbons (Fsp3) is 0.389. The topological polar surface area (TPSA) is 103 Å². The highest BCUT2D eigenvalue weighted by Crippen LogP contribution is 2.40. The van der Waals surface area contributed by atoms with Gasteiger partial charge in [-0.3, -0.25) is 10.1 Å². The summed E-state index contributed by atoms with van der Waals surface area (Å²) in [6, 6.07) is 2.64. The summed E-state index contributed by atoms with van der Waals surface area (Å²) in [5, 5.41) is 4.99. The number of carbonyl (C=O) groups is 3. The van der Waals surface area contributed by atoms with E-state index < -0.39 is 24.5 Å². The van der Waals surface area contributed by atoms with Gasteiger partial charge in [-0.25, -0.2) is 9.59 Å². The normalized spacial score (nSPS) is 12.3. The minimum absolute atomic E-state index is 0.0877. The molecule has 1 aromatic carbocycles. The Balaban J connectivity index is 1.74. The summed E-state index contributed by atoms with van der Waals surface area (Å²) in [4.78, 5) is 34.8. The van der Waals surface area contributed by atoms with Crippen molar-refractivity contribution in [2.45, 2.75) is 20.3 Å². The first-order chi connectivity index (χ1) is 12.8. The molecule has 0 atom stereocenters. The van der Waals surface area contributed by atoms with Gasteiger partial charge in [-0.1, -0.05) is 25.4 Å². The molecule has 0 unspecified atom stereocenters. The van der Waals surface area contributed by atoms with Gasteiger partial charge < -0.3 is 19.5 Å². The van der Waals surface area contributed by atoms with Crippen molar-refractivity contribution < 1.29 is 28.6 Å². The number of hydrogen-bond acceptors (Lipinski definition) is 6. The van der Waals surface area contributed by atoms with Crippen molar-refractivity contribution in [2.24, 2.45) is 5.92 Å². The SMILES string of the molecule is CC(C)CCNC(=O)NC(=O)COC(=O)/C=C/c1cc(Cl)c2c(c1)OCO2. The lowest BCUT2D eigenvalue weighted by Gasteiger charge is -2.08. The molecular weight excluding hydrogens is 376 g/mol. The van der Waals surface area contributed by atoms with Crippen LogP contribution in [0.3, 0.4) is 0 Å². The van der Waals surface area contributed by atoms with Gasteiger partial charge in [0.05, 0.1) is 5.02 Å². The molecule has 146 valence electrons. The number of esters is 1. The zero-order valence-electron chi connectivity index (χ0n) is 15.0. The van der Waals surface area contributed by atoms with Gasteiger partial charge in [0.1, 0.15) is 0 Å². The lowest BCUT2D eigenvalue weighted by molar-refractivity contribution is -0.143. The number of imide groups is 1. The van der Waals surface area contributed by atoms with Gasteiger partial charge in [0.15, 0.2) is 18.1 Å². The predicted octanol–water partition coefficient (Wildman–Crippen LogP) is 2.50. The number of fused-ring (bicyclic) bond motifs is 1. The third-order valence-corrected chi connectivity index (χ3v) is 3.75. The highest BCUT2D eigenvalue weighted by atomic mass is 35.5. The first kappa shape index (κ1) is 20.6. The van der Waals surface area contributed by atoms with Crippen LogP contribution in [0, 0.1) is 5.92 Å². The molecule has 2 rings (SSSR count). The molecule has 1 aromatic rings. The Morgan fingerprint density at radius 1 is 1.30 bits per heavy atom. The van der Waals surface area contributed by atoms with E-state index in [0.717, 1.165) is 12.5 Å². The summed E-state index contributed by atoms with van der Waals surface area (Å²) in [6.45, 7) is 4.02. The molecule has 0 aromatic heterocycles.